The summed E-state index contributed by atoms with van der Waals surface area (Å²) in [5.41, 5.74) is 6.94. The lowest BCUT2D eigenvalue weighted by Gasteiger charge is -2.09. The van der Waals surface area contributed by atoms with Crippen molar-refractivity contribution in [1.29, 1.82) is 5.26 Å². The van der Waals surface area contributed by atoms with Crippen LogP contribution in [0.15, 0.2) is 42.5 Å². The first-order chi connectivity index (χ1) is 10.1. The zero-order valence-electron chi connectivity index (χ0n) is 11.0. The van der Waals surface area contributed by atoms with E-state index in [1.165, 1.54) is 6.07 Å². The van der Waals surface area contributed by atoms with Crippen LogP contribution >= 0.6 is 11.6 Å². The van der Waals surface area contributed by atoms with Gasteiger partial charge in [0, 0.05) is 5.69 Å². The van der Waals surface area contributed by atoms with Crippen molar-refractivity contribution in [2.24, 2.45) is 0 Å². The molecule has 6 heteroatoms. The summed E-state index contributed by atoms with van der Waals surface area (Å²) >= 11 is 5.82. The number of nitrogens with zero attached hydrogens (tertiary/aromatic N) is 1. The number of benzene rings is 2. The number of nitrogen functional groups attached to an aromatic ring is 1. The summed E-state index contributed by atoms with van der Waals surface area (Å²) in [7, 11) is 0. The highest BCUT2D eigenvalue weighted by Crippen LogP contribution is 2.21. The number of anilines is 2. The standard InChI is InChI=1S/C15H12ClN3O2/c16-12-6-5-11(7-10(12)8-17)19-15(20)9-21-14-4-2-1-3-13(14)18/h1-7H,9,18H2,(H,19,20). The summed E-state index contributed by atoms with van der Waals surface area (Å²) in [5, 5.41) is 11.8. The van der Waals surface area contributed by atoms with Crippen LogP contribution in [-0.2, 0) is 4.79 Å². The van der Waals surface area contributed by atoms with E-state index in [0.717, 1.165) is 0 Å². The second-order valence-electron chi connectivity index (χ2n) is 4.18. The molecule has 0 heterocycles. The lowest BCUT2D eigenvalue weighted by atomic mass is 10.2. The van der Waals surface area contributed by atoms with Crippen LogP contribution in [0.25, 0.3) is 0 Å². The summed E-state index contributed by atoms with van der Waals surface area (Å²) in [4.78, 5) is 11.8. The lowest BCUT2D eigenvalue weighted by molar-refractivity contribution is -0.118. The lowest BCUT2D eigenvalue weighted by Crippen LogP contribution is -2.20. The highest BCUT2D eigenvalue weighted by Gasteiger charge is 2.07. The molecule has 2 aromatic carbocycles. The van der Waals surface area contributed by atoms with Crippen molar-refractivity contribution < 1.29 is 9.53 Å². The molecule has 0 bridgehead atoms. The molecule has 21 heavy (non-hydrogen) atoms. The van der Waals surface area contributed by atoms with Gasteiger partial charge >= 0.3 is 0 Å². The van der Waals surface area contributed by atoms with Gasteiger partial charge in [0.05, 0.1) is 16.3 Å². The molecule has 0 atom stereocenters. The van der Waals surface area contributed by atoms with Gasteiger partial charge in [0.1, 0.15) is 11.8 Å². The molecule has 0 spiro atoms. The number of hydrogen-bond acceptors (Lipinski definition) is 4. The number of para-hydroxylation sites is 2. The molecule has 0 unspecified atom stereocenters. The Kier molecular flexibility index (Phi) is 4.64. The minimum atomic E-state index is -0.357. The van der Waals surface area contributed by atoms with Crippen LogP contribution in [0.4, 0.5) is 11.4 Å². The molecular weight excluding hydrogens is 290 g/mol. The summed E-state index contributed by atoms with van der Waals surface area (Å²) in [6, 6.07) is 13.5. The van der Waals surface area contributed by atoms with E-state index in [4.69, 9.17) is 27.3 Å². The van der Waals surface area contributed by atoms with Crippen LogP contribution < -0.4 is 15.8 Å². The molecule has 0 radical (unpaired) electrons. The van der Waals surface area contributed by atoms with E-state index in [1.54, 1.807) is 36.4 Å². The number of nitrogens with one attached hydrogen (secondary N) is 1. The highest BCUT2D eigenvalue weighted by molar-refractivity contribution is 6.31. The molecular formula is C15H12ClN3O2. The smallest absolute Gasteiger partial charge is 0.262 e. The topological polar surface area (TPSA) is 88.1 Å². The number of halogens is 1. The van der Waals surface area contributed by atoms with Crippen LogP contribution in [-0.4, -0.2) is 12.5 Å². The van der Waals surface area contributed by atoms with Crippen LogP contribution in [0.1, 0.15) is 5.56 Å². The van der Waals surface area contributed by atoms with Gasteiger partial charge in [-0.1, -0.05) is 23.7 Å². The average Bonchev–Trinajstić information content (AvgIpc) is 2.48. The second-order valence-corrected chi connectivity index (χ2v) is 4.59. The van der Waals surface area contributed by atoms with Crippen LogP contribution in [0.3, 0.4) is 0 Å². The Hall–Kier alpha value is -2.71. The minimum Gasteiger partial charge on any atom is -0.482 e. The number of nitriles is 1. The van der Waals surface area contributed by atoms with Crippen molar-refractivity contribution in [2.75, 3.05) is 17.7 Å². The van der Waals surface area contributed by atoms with Gasteiger partial charge in [-0.2, -0.15) is 5.26 Å². The number of ether oxygens (including phenoxy) is 1. The summed E-state index contributed by atoms with van der Waals surface area (Å²) in [5.74, 6) is 0.0888. The first kappa shape index (κ1) is 14.7. The molecule has 0 aliphatic heterocycles. The second kappa shape index (κ2) is 6.64. The van der Waals surface area contributed by atoms with Crippen molar-refractivity contribution in [1.82, 2.24) is 0 Å². The third-order valence-electron chi connectivity index (χ3n) is 2.65. The number of nitrogens with two attached hydrogens (primary N) is 1. The van der Waals surface area contributed by atoms with Crippen molar-refractivity contribution in [3.05, 3.63) is 53.1 Å². The van der Waals surface area contributed by atoms with Crippen LogP contribution in [0.5, 0.6) is 5.75 Å². The minimum absolute atomic E-state index is 0.182. The SMILES string of the molecule is N#Cc1cc(NC(=O)COc2ccccc2N)ccc1Cl. The maximum Gasteiger partial charge on any atom is 0.262 e. The maximum atomic E-state index is 11.8. The third kappa shape index (κ3) is 3.88. The van der Waals surface area contributed by atoms with E-state index in [1.807, 2.05) is 6.07 Å². The fourth-order valence-electron chi connectivity index (χ4n) is 1.64. The first-order valence-electron chi connectivity index (χ1n) is 6.07. The number of rotatable bonds is 4. The average molecular weight is 302 g/mol. The molecule has 0 aliphatic rings. The zero-order chi connectivity index (χ0) is 15.2. The van der Waals surface area contributed by atoms with Gasteiger partial charge in [-0.3, -0.25) is 4.79 Å². The molecule has 2 aromatic rings. The third-order valence-corrected chi connectivity index (χ3v) is 2.98. The fraction of sp³-hybridized carbons (Fsp3) is 0.0667. The van der Waals surface area contributed by atoms with Gasteiger partial charge < -0.3 is 15.8 Å². The van der Waals surface area contributed by atoms with E-state index in [0.29, 0.717) is 27.7 Å². The molecule has 0 saturated heterocycles. The van der Waals surface area contributed by atoms with E-state index >= 15 is 0 Å². The van der Waals surface area contributed by atoms with Gasteiger partial charge in [0.25, 0.3) is 5.91 Å². The summed E-state index contributed by atoms with van der Waals surface area (Å²) in [6.45, 7) is -0.182. The predicted octanol–water partition coefficient (Wildman–Crippen LogP) is 2.81. The molecule has 0 fully saturated rings. The number of carbonyl (C=O) groups is 1. The molecule has 3 N–H and O–H groups in total. The Morgan fingerprint density at radius 2 is 2.10 bits per heavy atom. The monoisotopic (exact) mass is 301 g/mol. The first-order valence-corrected chi connectivity index (χ1v) is 6.45. The van der Waals surface area contributed by atoms with Crippen molar-refractivity contribution >= 4 is 28.9 Å². The highest BCUT2D eigenvalue weighted by atomic mass is 35.5. The summed E-state index contributed by atoms with van der Waals surface area (Å²) < 4.78 is 5.32. The van der Waals surface area contributed by atoms with Gasteiger partial charge in [-0.25, -0.2) is 0 Å². The van der Waals surface area contributed by atoms with Crippen molar-refractivity contribution in [3.63, 3.8) is 0 Å². The Morgan fingerprint density at radius 1 is 1.33 bits per heavy atom. The molecule has 2 rings (SSSR count). The van der Waals surface area contributed by atoms with Crippen molar-refractivity contribution in [3.8, 4) is 11.8 Å². The van der Waals surface area contributed by atoms with E-state index in [2.05, 4.69) is 5.32 Å². The molecule has 1 amide bonds. The molecule has 0 saturated carbocycles. The fourth-order valence-corrected chi connectivity index (χ4v) is 1.80. The van der Waals surface area contributed by atoms with Gasteiger partial charge in [0.2, 0.25) is 0 Å². The Labute approximate surface area is 126 Å². The zero-order valence-corrected chi connectivity index (χ0v) is 11.7. The number of carbonyl (C=O) groups excluding carboxylic acids is 1. The number of hydrogen-bond donors (Lipinski definition) is 2. The molecule has 106 valence electrons. The van der Waals surface area contributed by atoms with E-state index in [9.17, 15) is 4.79 Å². The normalized spacial score (nSPS) is 9.71. The van der Waals surface area contributed by atoms with E-state index in [-0.39, 0.29) is 12.5 Å². The molecule has 0 aromatic heterocycles. The summed E-state index contributed by atoms with van der Waals surface area (Å²) in [6.07, 6.45) is 0. The van der Waals surface area contributed by atoms with Crippen LogP contribution in [0, 0.1) is 11.3 Å². The maximum absolute atomic E-state index is 11.8. The predicted molar refractivity (Wildman–Crippen MR) is 81.1 cm³/mol. The molecule has 5 nitrogen and oxygen atoms in total. The van der Waals surface area contributed by atoms with Gasteiger partial charge in [-0.05, 0) is 30.3 Å². The van der Waals surface area contributed by atoms with Crippen LogP contribution in [0.2, 0.25) is 5.02 Å². The Morgan fingerprint density at radius 3 is 2.81 bits per heavy atom. The Bertz CT molecular complexity index is 710. The quantitative estimate of drug-likeness (QED) is 0.850. The largest absolute Gasteiger partial charge is 0.482 e. The molecule has 0 aliphatic carbocycles. The van der Waals surface area contributed by atoms with E-state index < -0.39 is 0 Å². The number of amides is 1. The Balaban J connectivity index is 1.96. The van der Waals surface area contributed by atoms with Gasteiger partial charge in [0.15, 0.2) is 6.61 Å². The van der Waals surface area contributed by atoms with Gasteiger partial charge in [-0.15, -0.1) is 0 Å². The van der Waals surface area contributed by atoms with Crippen molar-refractivity contribution in [2.45, 2.75) is 0 Å².